The summed E-state index contributed by atoms with van der Waals surface area (Å²) in [6.45, 7) is 1.88. The Kier molecular flexibility index (Phi) is 4.10. The second-order valence-electron chi connectivity index (χ2n) is 4.55. The third kappa shape index (κ3) is 3.12. The highest BCUT2D eigenvalue weighted by atomic mass is 16.5. The highest BCUT2D eigenvalue weighted by Gasteiger charge is 2.11. The summed E-state index contributed by atoms with van der Waals surface area (Å²) in [4.78, 5) is 12.2. The summed E-state index contributed by atoms with van der Waals surface area (Å²) >= 11 is 0. The summed E-state index contributed by atoms with van der Waals surface area (Å²) in [6, 6.07) is 12.0. The lowest BCUT2D eigenvalue weighted by molar-refractivity contribution is 0.102. The minimum absolute atomic E-state index is 0.287. The van der Waals surface area contributed by atoms with Gasteiger partial charge < -0.3 is 15.8 Å². The summed E-state index contributed by atoms with van der Waals surface area (Å²) in [5.41, 5.74) is 8.71. The van der Waals surface area contributed by atoms with E-state index in [4.69, 9.17) is 15.7 Å². The molecule has 0 fully saturated rings. The number of anilines is 2. The molecule has 3 N–H and O–H groups in total. The molecule has 2 rings (SSSR count). The lowest BCUT2D eigenvalue weighted by Gasteiger charge is -2.11. The number of methoxy groups -OCH3 is 1. The third-order valence-corrected chi connectivity index (χ3v) is 3.12. The van der Waals surface area contributed by atoms with E-state index in [0.717, 1.165) is 5.56 Å². The molecule has 0 bridgehead atoms. The fourth-order valence-electron chi connectivity index (χ4n) is 1.84. The molecule has 0 heterocycles. The Bertz CT molecular complexity index is 733. The minimum atomic E-state index is -0.287. The van der Waals surface area contributed by atoms with Gasteiger partial charge in [0.25, 0.3) is 5.91 Å². The number of aryl methyl sites for hydroxylation is 1. The standard InChI is InChI=1S/C16H15N3O2/c1-10-3-5-12(8-13(10)18)16(20)19-14-6-4-11(9-17)7-15(14)21-2/h3-8H,18H2,1-2H3,(H,19,20). The summed E-state index contributed by atoms with van der Waals surface area (Å²) in [5, 5.41) is 11.6. The van der Waals surface area contributed by atoms with Crippen LogP contribution in [-0.2, 0) is 0 Å². The molecule has 0 unspecified atom stereocenters. The van der Waals surface area contributed by atoms with Crippen LogP contribution in [0, 0.1) is 18.3 Å². The molecule has 0 aliphatic carbocycles. The van der Waals surface area contributed by atoms with E-state index in [1.165, 1.54) is 7.11 Å². The normalized spacial score (nSPS) is 9.76. The number of hydrogen-bond donors (Lipinski definition) is 2. The lowest BCUT2D eigenvalue weighted by Crippen LogP contribution is -2.13. The van der Waals surface area contributed by atoms with Crippen LogP contribution in [0.15, 0.2) is 36.4 Å². The van der Waals surface area contributed by atoms with Crippen LogP contribution in [-0.4, -0.2) is 13.0 Å². The number of amides is 1. The van der Waals surface area contributed by atoms with Gasteiger partial charge in [0.15, 0.2) is 0 Å². The van der Waals surface area contributed by atoms with E-state index in [1.54, 1.807) is 36.4 Å². The summed E-state index contributed by atoms with van der Waals surface area (Å²) in [6.07, 6.45) is 0. The number of nitrogens with two attached hydrogens (primary N) is 1. The van der Waals surface area contributed by atoms with Gasteiger partial charge >= 0.3 is 0 Å². The van der Waals surface area contributed by atoms with E-state index >= 15 is 0 Å². The largest absolute Gasteiger partial charge is 0.495 e. The van der Waals surface area contributed by atoms with E-state index in [1.807, 2.05) is 13.0 Å². The Hall–Kier alpha value is -3.00. The predicted molar refractivity (Wildman–Crippen MR) is 81.3 cm³/mol. The van der Waals surface area contributed by atoms with Crippen molar-refractivity contribution in [3.05, 3.63) is 53.1 Å². The first-order valence-electron chi connectivity index (χ1n) is 6.30. The number of nitrogens with one attached hydrogen (secondary N) is 1. The Balaban J connectivity index is 2.27. The van der Waals surface area contributed by atoms with Crippen molar-refractivity contribution in [2.45, 2.75) is 6.92 Å². The fraction of sp³-hybridized carbons (Fsp3) is 0.125. The maximum Gasteiger partial charge on any atom is 0.255 e. The Morgan fingerprint density at radius 3 is 2.67 bits per heavy atom. The number of ether oxygens (including phenoxy) is 1. The van der Waals surface area contributed by atoms with E-state index < -0.39 is 0 Å². The first-order valence-corrected chi connectivity index (χ1v) is 6.30. The zero-order valence-electron chi connectivity index (χ0n) is 11.8. The van der Waals surface area contributed by atoms with E-state index in [2.05, 4.69) is 5.32 Å². The lowest BCUT2D eigenvalue weighted by atomic mass is 10.1. The van der Waals surface area contributed by atoms with Gasteiger partial charge in [-0.3, -0.25) is 4.79 Å². The monoisotopic (exact) mass is 281 g/mol. The maximum absolute atomic E-state index is 12.2. The van der Waals surface area contributed by atoms with Crippen LogP contribution in [0.25, 0.3) is 0 Å². The van der Waals surface area contributed by atoms with Gasteiger partial charge in [-0.2, -0.15) is 5.26 Å². The van der Waals surface area contributed by atoms with Crippen LogP contribution in [0.3, 0.4) is 0 Å². The summed E-state index contributed by atoms with van der Waals surface area (Å²) in [7, 11) is 1.48. The smallest absolute Gasteiger partial charge is 0.255 e. The molecule has 0 saturated heterocycles. The molecule has 5 nitrogen and oxygen atoms in total. The summed E-state index contributed by atoms with van der Waals surface area (Å²) < 4.78 is 5.18. The molecular weight excluding hydrogens is 266 g/mol. The second kappa shape index (κ2) is 5.97. The molecule has 2 aromatic carbocycles. The number of rotatable bonds is 3. The van der Waals surface area contributed by atoms with Crippen molar-refractivity contribution in [1.82, 2.24) is 0 Å². The zero-order valence-corrected chi connectivity index (χ0v) is 11.8. The van der Waals surface area contributed by atoms with Crippen molar-refractivity contribution in [1.29, 1.82) is 5.26 Å². The van der Waals surface area contributed by atoms with Gasteiger partial charge in [0.05, 0.1) is 24.4 Å². The van der Waals surface area contributed by atoms with Crippen LogP contribution in [0.2, 0.25) is 0 Å². The molecule has 5 heteroatoms. The van der Waals surface area contributed by atoms with Gasteiger partial charge in [-0.05, 0) is 36.8 Å². The second-order valence-corrected chi connectivity index (χ2v) is 4.55. The van der Waals surface area contributed by atoms with Crippen molar-refractivity contribution in [3.8, 4) is 11.8 Å². The number of carbonyl (C=O) groups is 1. The van der Waals surface area contributed by atoms with Crippen molar-refractivity contribution in [3.63, 3.8) is 0 Å². The van der Waals surface area contributed by atoms with Crippen molar-refractivity contribution in [2.75, 3.05) is 18.2 Å². The van der Waals surface area contributed by atoms with Gasteiger partial charge in [0.2, 0.25) is 0 Å². The zero-order chi connectivity index (χ0) is 15.4. The number of carbonyl (C=O) groups excluding carboxylic acids is 1. The molecule has 2 aromatic rings. The van der Waals surface area contributed by atoms with Gasteiger partial charge in [-0.15, -0.1) is 0 Å². The van der Waals surface area contributed by atoms with Gasteiger partial charge in [-0.1, -0.05) is 6.07 Å². The van der Waals surface area contributed by atoms with Crippen LogP contribution in [0.5, 0.6) is 5.75 Å². The Morgan fingerprint density at radius 2 is 2.05 bits per heavy atom. The average Bonchev–Trinajstić information content (AvgIpc) is 2.50. The molecule has 0 aromatic heterocycles. The molecule has 0 radical (unpaired) electrons. The fourth-order valence-corrected chi connectivity index (χ4v) is 1.84. The quantitative estimate of drug-likeness (QED) is 0.847. The van der Waals surface area contributed by atoms with Crippen molar-refractivity contribution < 1.29 is 9.53 Å². The highest BCUT2D eigenvalue weighted by molar-refractivity contribution is 6.05. The SMILES string of the molecule is COc1cc(C#N)ccc1NC(=O)c1ccc(C)c(N)c1. The third-order valence-electron chi connectivity index (χ3n) is 3.12. The number of nitrogens with zero attached hydrogens (tertiary/aromatic N) is 1. The number of benzene rings is 2. The molecule has 1 amide bonds. The van der Waals surface area contributed by atoms with Crippen molar-refractivity contribution >= 4 is 17.3 Å². The van der Waals surface area contributed by atoms with Crippen LogP contribution in [0.1, 0.15) is 21.5 Å². The average molecular weight is 281 g/mol. The minimum Gasteiger partial charge on any atom is -0.495 e. The molecule has 0 spiro atoms. The molecular formula is C16H15N3O2. The molecule has 0 saturated carbocycles. The van der Waals surface area contributed by atoms with Crippen LogP contribution < -0.4 is 15.8 Å². The topological polar surface area (TPSA) is 88.1 Å². The molecule has 0 atom stereocenters. The van der Waals surface area contributed by atoms with Crippen molar-refractivity contribution in [2.24, 2.45) is 0 Å². The molecule has 0 aliphatic rings. The van der Waals surface area contributed by atoms with Gasteiger partial charge in [0.1, 0.15) is 5.75 Å². The van der Waals surface area contributed by atoms with E-state index in [-0.39, 0.29) is 5.91 Å². The van der Waals surface area contributed by atoms with Gasteiger partial charge in [0, 0.05) is 17.3 Å². The van der Waals surface area contributed by atoms with E-state index in [0.29, 0.717) is 28.3 Å². The molecule has 106 valence electrons. The Labute approximate surface area is 123 Å². The predicted octanol–water partition coefficient (Wildman–Crippen LogP) is 2.71. The first kappa shape index (κ1) is 14.4. The van der Waals surface area contributed by atoms with E-state index in [9.17, 15) is 4.79 Å². The maximum atomic E-state index is 12.2. The number of nitriles is 1. The summed E-state index contributed by atoms with van der Waals surface area (Å²) in [5.74, 6) is 0.146. The molecule has 0 aliphatic heterocycles. The van der Waals surface area contributed by atoms with Crippen LogP contribution >= 0.6 is 0 Å². The Morgan fingerprint density at radius 1 is 1.29 bits per heavy atom. The van der Waals surface area contributed by atoms with Crippen LogP contribution in [0.4, 0.5) is 11.4 Å². The molecule has 21 heavy (non-hydrogen) atoms. The number of nitrogen functional groups attached to an aromatic ring is 1. The first-order chi connectivity index (χ1) is 10.0. The van der Waals surface area contributed by atoms with Gasteiger partial charge in [-0.25, -0.2) is 0 Å². The highest BCUT2D eigenvalue weighted by Crippen LogP contribution is 2.26. The number of hydrogen-bond acceptors (Lipinski definition) is 4.